The minimum absolute atomic E-state index is 0.816. The second kappa shape index (κ2) is 4.45. The van der Waals surface area contributed by atoms with Gasteiger partial charge in [-0.1, -0.05) is 6.92 Å². The molecule has 0 spiro atoms. The number of rotatable bonds is 4. The first-order valence-corrected chi connectivity index (χ1v) is 4.16. The van der Waals surface area contributed by atoms with E-state index in [-0.39, 0.29) is 0 Å². The van der Waals surface area contributed by atoms with E-state index in [0.29, 0.717) is 0 Å². The maximum absolute atomic E-state index is 10.2. The van der Waals surface area contributed by atoms with Gasteiger partial charge in [-0.3, -0.25) is 4.68 Å². The zero-order valence-electron chi connectivity index (χ0n) is 7.47. The molecule has 1 heterocycles. The number of hydrogen-bond donors (Lipinski definition) is 1. The molecule has 70 valence electrons. The first kappa shape index (κ1) is 9.51. The highest BCUT2D eigenvalue weighted by atomic mass is 16.4. The lowest BCUT2D eigenvalue weighted by Gasteiger charge is -1.93. The number of carbonyl (C=O) groups is 1. The van der Waals surface area contributed by atoms with Crippen LogP contribution in [0, 0.1) is 0 Å². The van der Waals surface area contributed by atoms with Crippen molar-refractivity contribution in [3.63, 3.8) is 0 Å². The Morgan fingerprint density at radius 1 is 1.77 bits per heavy atom. The normalized spacial score (nSPS) is 10.8. The summed E-state index contributed by atoms with van der Waals surface area (Å²) in [4.78, 5) is 10.2. The molecule has 0 radical (unpaired) electrons. The van der Waals surface area contributed by atoms with Crippen LogP contribution >= 0.6 is 0 Å². The van der Waals surface area contributed by atoms with Crippen LogP contribution < -0.4 is 0 Å². The third-order valence-corrected chi connectivity index (χ3v) is 1.52. The van der Waals surface area contributed by atoms with E-state index in [4.69, 9.17) is 5.11 Å². The fourth-order valence-electron chi connectivity index (χ4n) is 0.985. The maximum atomic E-state index is 10.2. The number of aryl methyl sites for hydroxylation is 1. The van der Waals surface area contributed by atoms with Crippen LogP contribution in [-0.4, -0.2) is 20.9 Å². The highest BCUT2D eigenvalue weighted by molar-refractivity contribution is 5.85. The predicted octanol–water partition coefficient (Wildman–Crippen LogP) is 1.39. The second-order valence-electron chi connectivity index (χ2n) is 2.71. The summed E-state index contributed by atoms with van der Waals surface area (Å²) in [7, 11) is 0. The Morgan fingerprint density at radius 3 is 3.15 bits per heavy atom. The molecule has 0 saturated carbocycles. The molecule has 4 nitrogen and oxygen atoms in total. The molecule has 0 amide bonds. The number of nitrogens with zero attached hydrogens (tertiary/aromatic N) is 2. The highest BCUT2D eigenvalue weighted by Crippen LogP contribution is 2.00. The Labute approximate surface area is 76.5 Å². The van der Waals surface area contributed by atoms with Crippen LogP contribution in [0.2, 0.25) is 0 Å². The molecule has 0 saturated heterocycles. The number of aliphatic carboxylic acids is 1. The van der Waals surface area contributed by atoms with Gasteiger partial charge in [0.05, 0.1) is 6.20 Å². The molecule has 0 aromatic carbocycles. The predicted molar refractivity (Wildman–Crippen MR) is 49.2 cm³/mol. The molecule has 0 aliphatic rings. The number of aromatic nitrogens is 2. The third kappa shape index (κ3) is 3.11. The van der Waals surface area contributed by atoms with Gasteiger partial charge in [-0.05, 0) is 12.5 Å². The summed E-state index contributed by atoms with van der Waals surface area (Å²) < 4.78 is 1.79. The first-order chi connectivity index (χ1) is 6.22. The Hall–Kier alpha value is -1.58. The van der Waals surface area contributed by atoms with Gasteiger partial charge in [0.25, 0.3) is 0 Å². The summed E-state index contributed by atoms with van der Waals surface area (Å²) in [5, 5.41) is 12.4. The van der Waals surface area contributed by atoms with E-state index in [0.717, 1.165) is 24.6 Å². The second-order valence-corrected chi connectivity index (χ2v) is 2.71. The Bertz CT molecular complexity index is 315. The van der Waals surface area contributed by atoms with Crippen molar-refractivity contribution in [2.75, 3.05) is 0 Å². The molecule has 1 rings (SSSR count). The summed E-state index contributed by atoms with van der Waals surface area (Å²) in [6.07, 6.45) is 7.12. The summed E-state index contributed by atoms with van der Waals surface area (Å²) in [5.74, 6) is -0.941. The molecule has 0 aliphatic heterocycles. The summed E-state index contributed by atoms with van der Waals surface area (Å²) in [6.45, 7) is 2.93. The van der Waals surface area contributed by atoms with E-state index in [1.165, 1.54) is 6.08 Å². The van der Waals surface area contributed by atoms with Crippen LogP contribution in [0.15, 0.2) is 18.5 Å². The molecule has 4 heteroatoms. The van der Waals surface area contributed by atoms with Gasteiger partial charge in [0, 0.05) is 24.4 Å². The van der Waals surface area contributed by atoms with Crippen LogP contribution in [0.3, 0.4) is 0 Å². The van der Waals surface area contributed by atoms with Gasteiger partial charge in [-0.2, -0.15) is 5.10 Å². The van der Waals surface area contributed by atoms with Crippen molar-refractivity contribution < 1.29 is 9.90 Å². The van der Waals surface area contributed by atoms with E-state index in [9.17, 15) is 4.79 Å². The van der Waals surface area contributed by atoms with Crippen LogP contribution in [0.25, 0.3) is 6.08 Å². The van der Waals surface area contributed by atoms with Gasteiger partial charge >= 0.3 is 5.97 Å². The van der Waals surface area contributed by atoms with Crippen LogP contribution in [0.4, 0.5) is 0 Å². The monoisotopic (exact) mass is 180 g/mol. The topological polar surface area (TPSA) is 55.1 Å². The van der Waals surface area contributed by atoms with Gasteiger partial charge in [-0.15, -0.1) is 0 Å². The van der Waals surface area contributed by atoms with Crippen molar-refractivity contribution in [2.45, 2.75) is 19.9 Å². The van der Waals surface area contributed by atoms with E-state index in [1.54, 1.807) is 10.9 Å². The zero-order valence-corrected chi connectivity index (χ0v) is 7.47. The van der Waals surface area contributed by atoms with Gasteiger partial charge in [-0.25, -0.2) is 4.79 Å². The van der Waals surface area contributed by atoms with Gasteiger partial charge in [0.15, 0.2) is 0 Å². The molecule has 0 atom stereocenters. The van der Waals surface area contributed by atoms with Crippen LogP contribution in [0.5, 0.6) is 0 Å². The van der Waals surface area contributed by atoms with Crippen molar-refractivity contribution in [1.29, 1.82) is 0 Å². The molecule has 1 aromatic rings. The molecule has 1 aromatic heterocycles. The van der Waals surface area contributed by atoms with Gasteiger partial charge < -0.3 is 5.11 Å². The Morgan fingerprint density at radius 2 is 2.54 bits per heavy atom. The van der Waals surface area contributed by atoms with E-state index >= 15 is 0 Å². The highest BCUT2D eigenvalue weighted by Gasteiger charge is 1.94. The third-order valence-electron chi connectivity index (χ3n) is 1.52. The lowest BCUT2D eigenvalue weighted by molar-refractivity contribution is -0.131. The largest absolute Gasteiger partial charge is 0.478 e. The lowest BCUT2D eigenvalue weighted by Crippen LogP contribution is -1.95. The lowest BCUT2D eigenvalue weighted by atomic mass is 10.3. The van der Waals surface area contributed by atoms with Crippen molar-refractivity contribution in [2.24, 2.45) is 0 Å². The van der Waals surface area contributed by atoms with Gasteiger partial charge in [0.1, 0.15) is 0 Å². The molecule has 1 N–H and O–H groups in total. The zero-order chi connectivity index (χ0) is 9.68. The summed E-state index contributed by atoms with van der Waals surface area (Å²) in [5.41, 5.74) is 0.816. The fourth-order valence-corrected chi connectivity index (χ4v) is 0.985. The number of hydrogen-bond acceptors (Lipinski definition) is 2. The van der Waals surface area contributed by atoms with E-state index < -0.39 is 5.97 Å². The van der Waals surface area contributed by atoms with Crippen molar-refractivity contribution in [1.82, 2.24) is 9.78 Å². The average Bonchev–Trinajstić information content (AvgIpc) is 2.50. The van der Waals surface area contributed by atoms with Crippen LogP contribution in [0.1, 0.15) is 18.9 Å². The minimum atomic E-state index is -0.941. The SMILES string of the molecule is CCCn1cc(C=CC(=O)O)cn1. The Balaban J connectivity index is 2.63. The van der Waals surface area contributed by atoms with E-state index in [2.05, 4.69) is 12.0 Å². The standard InChI is InChI=1S/C9H12N2O2/c1-2-5-11-7-8(6-10-11)3-4-9(12)13/h3-4,6-7H,2,5H2,1H3,(H,12,13). The Kier molecular flexibility index (Phi) is 3.25. The minimum Gasteiger partial charge on any atom is -0.478 e. The average molecular weight is 180 g/mol. The number of carboxylic acid groups (broad SMARTS) is 1. The molecular weight excluding hydrogens is 168 g/mol. The van der Waals surface area contributed by atoms with Gasteiger partial charge in [0.2, 0.25) is 0 Å². The fraction of sp³-hybridized carbons (Fsp3) is 0.333. The summed E-state index contributed by atoms with van der Waals surface area (Å²) in [6, 6.07) is 0. The smallest absolute Gasteiger partial charge is 0.328 e. The molecular formula is C9H12N2O2. The molecule has 0 fully saturated rings. The molecule has 13 heavy (non-hydrogen) atoms. The quantitative estimate of drug-likeness (QED) is 0.712. The van der Waals surface area contributed by atoms with Crippen molar-refractivity contribution in [3.8, 4) is 0 Å². The molecule has 0 unspecified atom stereocenters. The van der Waals surface area contributed by atoms with Crippen molar-refractivity contribution >= 4 is 12.0 Å². The molecule has 0 aliphatic carbocycles. The van der Waals surface area contributed by atoms with E-state index in [1.807, 2.05) is 6.20 Å². The summed E-state index contributed by atoms with van der Waals surface area (Å²) >= 11 is 0. The van der Waals surface area contributed by atoms with Crippen molar-refractivity contribution in [3.05, 3.63) is 24.0 Å². The van der Waals surface area contributed by atoms with Crippen LogP contribution in [-0.2, 0) is 11.3 Å². The maximum Gasteiger partial charge on any atom is 0.328 e. The molecule has 0 bridgehead atoms. The number of carboxylic acids is 1. The first-order valence-electron chi connectivity index (χ1n) is 4.16.